The SMILES string of the molecule is COC(=O)c1sccc1NC(=O)CSc1nnnn1C1CCCCC1. The number of ether oxygens (including phenoxy) is 1. The molecule has 2 aromatic rings. The van der Waals surface area contributed by atoms with E-state index in [1.165, 1.54) is 49.5 Å². The molecule has 1 saturated carbocycles. The first kappa shape index (κ1) is 17.9. The van der Waals surface area contributed by atoms with Crippen molar-refractivity contribution >= 4 is 40.7 Å². The maximum absolute atomic E-state index is 12.2. The molecule has 134 valence electrons. The zero-order valence-corrected chi connectivity index (χ0v) is 15.4. The summed E-state index contributed by atoms with van der Waals surface area (Å²) in [4.78, 5) is 24.2. The van der Waals surface area contributed by atoms with Gasteiger partial charge in [0.2, 0.25) is 11.1 Å². The van der Waals surface area contributed by atoms with Crippen LogP contribution in [0.5, 0.6) is 0 Å². The van der Waals surface area contributed by atoms with Crippen molar-refractivity contribution in [2.75, 3.05) is 18.2 Å². The third-order valence-electron chi connectivity index (χ3n) is 4.03. The van der Waals surface area contributed by atoms with E-state index in [1.807, 2.05) is 4.68 Å². The zero-order valence-electron chi connectivity index (χ0n) is 13.8. The topological polar surface area (TPSA) is 99.0 Å². The number of rotatable bonds is 6. The van der Waals surface area contributed by atoms with Crippen LogP contribution in [0.25, 0.3) is 0 Å². The summed E-state index contributed by atoms with van der Waals surface area (Å²) < 4.78 is 6.54. The highest BCUT2D eigenvalue weighted by atomic mass is 32.2. The number of methoxy groups -OCH3 is 1. The molecule has 1 fully saturated rings. The van der Waals surface area contributed by atoms with Crippen LogP contribution in [0.2, 0.25) is 0 Å². The molecule has 0 aliphatic heterocycles. The Morgan fingerprint density at radius 2 is 2.20 bits per heavy atom. The predicted octanol–water partition coefficient (Wildman–Crippen LogP) is 2.76. The van der Waals surface area contributed by atoms with Crippen LogP contribution in [0.1, 0.15) is 47.8 Å². The summed E-state index contributed by atoms with van der Waals surface area (Å²) in [5.74, 6) is -0.505. The molecule has 25 heavy (non-hydrogen) atoms. The predicted molar refractivity (Wildman–Crippen MR) is 95.0 cm³/mol. The standard InChI is InChI=1S/C15H19N5O3S2/c1-23-14(22)13-11(7-8-24-13)16-12(21)9-25-15-17-18-19-20(15)10-5-3-2-4-6-10/h7-8,10H,2-6,9H2,1H3,(H,16,21). The summed E-state index contributed by atoms with van der Waals surface area (Å²) in [5.41, 5.74) is 0.467. The van der Waals surface area contributed by atoms with E-state index in [0.717, 1.165) is 12.8 Å². The van der Waals surface area contributed by atoms with Crippen molar-refractivity contribution in [3.63, 3.8) is 0 Å². The second-order valence-corrected chi connectivity index (χ2v) is 7.55. The van der Waals surface area contributed by atoms with Gasteiger partial charge in [0.05, 0.1) is 24.6 Å². The number of amides is 1. The largest absolute Gasteiger partial charge is 0.465 e. The van der Waals surface area contributed by atoms with Gasteiger partial charge in [-0.1, -0.05) is 31.0 Å². The first-order valence-electron chi connectivity index (χ1n) is 8.05. The number of nitrogens with one attached hydrogen (secondary N) is 1. The van der Waals surface area contributed by atoms with E-state index in [9.17, 15) is 9.59 Å². The van der Waals surface area contributed by atoms with Crippen LogP contribution in [-0.2, 0) is 9.53 Å². The molecule has 0 radical (unpaired) electrons. The molecule has 2 aromatic heterocycles. The van der Waals surface area contributed by atoms with Crippen molar-refractivity contribution in [1.82, 2.24) is 20.2 Å². The minimum absolute atomic E-state index is 0.170. The molecule has 10 heteroatoms. The maximum Gasteiger partial charge on any atom is 0.350 e. The fraction of sp³-hybridized carbons (Fsp3) is 0.533. The second-order valence-electron chi connectivity index (χ2n) is 5.69. The fourth-order valence-electron chi connectivity index (χ4n) is 2.81. The Labute approximate surface area is 153 Å². The highest BCUT2D eigenvalue weighted by Crippen LogP contribution is 2.30. The lowest BCUT2D eigenvalue weighted by Crippen LogP contribution is -2.18. The number of thiophene rings is 1. The number of nitrogens with zero attached hydrogens (tertiary/aromatic N) is 4. The summed E-state index contributed by atoms with van der Waals surface area (Å²) in [6.07, 6.45) is 5.77. The number of esters is 1. The first-order chi connectivity index (χ1) is 12.2. The fourth-order valence-corrected chi connectivity index (χ4v) is 4.32. The third kappa shape index (κ3) is 4.37. The van der Waals surface area contributed by atoms with Gasteiger partial charge in [-0.25, -0.2) is 9.48 Å². The summed E-state index contributed by atoms with van der Waals surface area (Å²) in [5, 5.41) is 17.0. The molecular weight excluding hydrogens is 362 g/mol. The Kier molecular flexibility index (Phi) is 6.03. The highest BCUT2D eigenvalue weighted by molar-refractivity contribution is 7.99. The van der Waals surface area contributed by atoms with Gasteiger partial charge in [-0.2, -0.15) is 0 Å². The molecule has 0 saturated heterocycles. The number of anilines is 1. The van der Waals surface area contributed by atoms with E-state index in [4.69, 9.17) is 4.74 Å². The highest BCUT2D eigenvalue weighted by Gasteiger charge is 2.21. The number of tetrazole rings is 1. The van der Waals surface area contributed by atoms with Gasteiger partial charge in [0.25, 0.3) is 0 Å². The lowest BCUT2D eigenvalue weighted by atomic mass is 9.96. The number of hydrogen-bond donors (Lipinski definition) is 1. The molecule has 1 amide bonds. The Hall–Kier alpha value is -1.94. The van der Waals surface area contributed by atoms with Crippen LogP contribution in [-0.4, -0.2) is 44.9 Å². The number of carbonyl (C=O) groups is 2. The van der Waals surface area contributed by atoms with Crippen molar-refractivity contribution in [1.29, 1.82) is 0 Å². The van der Waals surface area contributed by atoms with Gasteiger partial charge in [0.1, 0.15) is 4.88 Å². The van der Waals surface area contributed by atoms with Gasteiger partial charge >= 0.3 is 5.97 Å². The monoisotopic (exact) mass is 381 g/mol. The van der Waals surface area contributed by atoms with E-state index < -0.39 is 5.97 Å². The van der Waals surface area contributed by atoms with Gasteiger partial charge in [-0.3, -0.25) is 4.79 Å². The van der Waals surface area contributed by atoms with Gasteiger partial charge in [-0.05, 0) is 34.7 Å². The van der Waals surface area contributed by atoms with Gasteiger partial charge < -0.3 is 10.1 Å². The van der Waals surface area contributed by atoms with Gasteiger partial charge in [0, 0.05) is 0 Å². The molecule has 0 spiro atoms. The van der Waals surface area contributed by atoms with E-state index in [0.29, 0.717) is 21.8 Å². The van der Waals surface area contributed by atoms with Crippen LogP contribution >= 0.6 is 23.1 Å². The second kappa shape index (κ2) is 8.43. The average Bonchev–Trinajstić information content (AvgIpc) is 3.29. The molecule has 1 aliphatic carbocycles. The van der Waals surface area contributed by atoms with E-state index in [1.54, 1.807) is 11.4 Å². The third-order valence-corrected chi connectivity index (χ3v) is 5.85. The van der Waals surface area contributed by atoms with Crippen molar-refractivity contribution in [2.24, 2.45) is 0 Å². The molecule has 8 nitrogen and oxygen atoms in total. The Morgan fingerprint density at radius 3 is 2.96 bits per heavy atom. The van der Waals surface area contributed by atoms with E-state index in [2.05, 4.69) is 20.8 Å². The molecular formula is C15H19N5O3S2. The maximum atomic E-state index is 12.2. The van der Waals surface area contributed by atoms with Crippen LogP contribution < -0.4 is 5.32 Å². The average molecular weight is 381 g/mol. The zero-order chi connectivity index (χ0) is 17.6. The number of aromatic nitrogens is 4. The lowest BCUT2D eigenvalue weighted by molar-refractivity contribution is -0.113. The van der Waals surface area contributed by atoms with E-state index >= 15 is 0 Å². The van der Waals surface area contributed by atoms with Gasteiger partial charge in [-0.15, -0.1) is 16.4 Å². The quantitative estimate of drug-likeness (QED) is 0.607. The molecule has 3 rings (SSSR count). The number of thioether (sulfide) groups is 1. The van der Waals surface area contributed by atoms with Crippen molar-refractivity contribution in [3.8, 4) is 0 Å². The van der Waals surface area contributed by atoms with Crippen LogP contribution in [0.15, 0.2) is 16.6 Å². The van der Waals surface area contributed by atoms with E-state index in [-0.39, 0.29) is 11.7 Å². The lowest BCUT2D eigenvalue weighted by Gasteiger charge is -2.21. The van der Waals surface area contributed by atoms with Crippen LogP contribution in [0, 0.1) is 0 Å². The molecule has 0 atom stereocenters. The Balaban J connectivity index is 1.57. The van der Waals surface area contributed by atoms with Crippen LogP contribution in [0.3, 0.4) is 0 Å². The smallest absolute Gasteiger partial charge is 0.350 e. The summed E-state index contributed by atoms with van der Waals surface area (Å²) >= 11 is 2.53. The molecule has 0 unspecified atom stereocenters. The molecule has 0 aromatic carbocycles. The molecule has 0 bridgehead atoms. The van der Waals surface area contributed by atoms with Crippen molar-refractivity contribution < 1.29 is 14.3 Å². The van der Waals surface area contributed by atoms with Crippen molar-refractivity contribution in [3.05, 3.63) is 16.3 Å². The summed E-state index contributed by atoms with van der Waals surface area (Å²) in [7, 11) is 1.31. The Morgan fingerprint density at radius 1 is 1.40 bits per heavy atom. The van der Waals surface area contributed by atoms with Crippen LogP contribution in [0.4, 0.5) is 5.69 Å². The minimum atomic E-state index is -0.459. The van der Waals surface area contributed by atoms with Crippen molar-refractivity contribution in [2.45, 2.75) is 43.3 Å². The molecule has 2 heterocycles. The number of carbonyl (C=O) groups excluding carboxylic acids is 2. The normalized spacial score (nSPS) is 15.1. The Bertz CT molecular complexity index is 739. The molecule has 1 aliphatic rings. The molecule has 1 N–H and O–H groups in total. The summed E-state index contributed by atoms with van der Waals surface area (Å²) in [6, 6.07) is 2.00. The number of hydrogen-bond acceptors (Lipinski definition) is 8. The van der Waals surface area contributed by atoms with Gasteiger partial charge in [0.15, 0.2) is 0 Å². The minimum Gasteiger partial charge on any atom is -0.465 e. The summed E-state index contributed by atoms with van der Waals surface area (Å²) in [6.45, 7) is 0. The first-order valence-corrected chi connectivity index (χ1v) is 9.92.